The number of hydrogen-bond acceptors (Lipinski definition) is 3. The maximum atomic E-state index is 2.65. The van der Waals surface area contributed by atoms with E-state index in [1.807, 2.05) is 0 Å². The van der Waals surface area contributed by atoms with Crippen LogP contribution in [0.4, 0.5) is 0 Å². The summed E-state index contributed by atoms with van der Waals surface area (Å²) in [4.78, 5) is 7.58. The van der Waals surface area contributed by atoms with Crippen LogP contribution in [0, 0.1) is 6.92 Å². The summed E-state index contributed by atoms with van der Waals surface area (Å²) < 4.78 is 2.33. The molecule has 31 heavy (non-hydrogen) atoms. The van der Waals surface area contributed by atoms with Crippen LogP contribution in [-0.4, -0.2) is 66.6 Å². The SMILES string of the molecule is Cc1c(CN(C)CCN2CCC(c3ccccc3)(N(C)C)CC2)c2ccccc2n1C. The predicted molar refractivity (Wildman–Crippen MR) is 131 cm³/mol. The smallest absolute Gasteiger partial charge is 0.0483 e. The maximum Gasteiger partial charge on any atom is 0.0483 e. The van der Waals surface area contributed by atoms with Crippen molar-refractivity contribution in [3.05, 3.63) is 71.4 Å². The lowest BCUT2D eigenvalue weighted by Crippen LogP contribution is -2.51. The Labute approximate surface area is 188 Å². The Morgan fingerprint density at radius 3 is 2.23 bits per heavy atom. The molecule has 0 N–H and O–H groups in total. The van der Waals surface area contributed by atoms with E-state index in [1.165, 1.54) is 40.6 Å². The fourth-order valence-corrected chi connectivity index (χ4v) is 5.35. The summed E-state index contributed by atoms with van der Waals surface area (Å²) >= 11 is 0. The fraction of sp³-hybridized carbons (Fsp3) is 0.481. The number of para-hydroxylation sites is 1. The first-order valence-corrected chi connectivity index (χ1v) is 11.6. The number of aromatic nitrogens is 1. The molecule has 0 atom stereocenters. The van der Waals surface area contributed by atoms with Gasteiger partial charge in [0, 0.05) is 61.9 Å². The van der Waals surface area contributed by atoms with Crippen molar-refractivity contribution in [2.75, 3.05) is 47.3 Å². The van der Waals surface area contributed by atoms with Crippen molar-refractivity contribution in [3.63, 3.8) is 0 Å². The molecule has 1 saturated heterocycles. The number of piperidine rings is 1. The van der Waals surface area contributed by atoms with Crippen molar-refractivity contribution >= 4 is 10.9 Å². The molecule has 0 unspecified atom stereocenters. The minimum Gasteiger partial charge on any atom is -0.348 e. The highest BCUT2D eigenvalue weighted by atomic mass is 15.2. The number of likely N-dealkylation sites (N-methyl/N-ethyl adjacent to an activating group) is 1. The first-order chi connectivity index (χ1) is 14.9. The van der Waals surface area contributed by atoms with Gasteiger partial charge >= 0.3 is 0 Å². The molecule has 0 bridgehead atoms. The number of likely N-dealkylation sites (tertiary alicyclic amines) is 1. The van der Waals surface area contributed by atoms with Gasteiger partial charge in [-0.15, -0.1) is 0 Å². The maximum absolute atomic E-state index is 2.65. The van der Waals surface area contributed by atoms with Gasteiger partial charge in [0.05, 0.1) is 0 Å². The van der Waals surface area contributed by atoms with Crippen LogP contribution in [0.15, 0.2) is 54.6 Å². The lowest BCUT2D eigenvalue weighted by atomic mass is 9.80. The molecule has 4 nitrogen and oxygen atoms in total. The van der Waals surface area contributed by atoms with Crippen LogP contribution in [-0.2, 0) is 19.1 Å². The van der Waals surface area contributed by atoms with Gasteiger partial charge in [0.25, 0.3) is 0 Å². The van der Waals surface area contributed by atoms with Crippen molar-refractivity contribution in [2.24, 2.45) is 7.05 Å². The summed E-state index contributed by atoms with van der Waals surface area (Å²) in [5.41, 5.74) is 5.81. The summed E-state index contributed by atoms with van der Waals surface area (Å²) in [5.74, 6) is 0. The second-order valence-electron chi connectivity index (χ2n) is 9.51. The minimum atomic E-state index is 0.170. The van der Waals surface area contributed by atoms with Gasteiger partial charge in [0.15, 0.2) is 0 Å². The zero-order valence-corrected chi connectivity index (χ0v) is 19.9. The predicted octanol–water partition coefficient (Wildman–Crippen LogP) is 4.47. The summed E-state index contributed by atoms with van der Waals surface area (Å²) in [6.45, 7) is 7.81. The van der Waals surface area contributed by atoms with Crippen LogP contribution >= 0.6 is 0 Å². The first kappa shape index (κ1) is 22.1. The average molecular weight is 419 g/mol. The number of nitrogens with zero attached hydrogens (tertiary/aromatic N) is 4. The van der Waals surface area contributed by atoms with Gasteiger partial charge in [-0.3, -0.25) is 4.90 Å². The molecule has 1 aromatic heterocycles. The third-order valence-corrected chi connectivity index (χ3v) is 7.61. The molecule has 0 aliphatic carbocycles. The second kappa shape index (κ2) is 9.15. The molecular formula is C27H38N4. The van der Waals surface area contributed by atoms with Crippen LogP contribution < -0.4 is 0 Å². The topological polar surface area (TPSA) is 14.7 Å². The van der Waals surface area contributed by atoms with Crippen molar-refractivity contribution in [3.8, 4) is 0 Å². The standard InChI is InChI=1S/C27H38N4/c1-22-25(24-13-9-10-14-26(24)30(22)5)21-29(4)19-20-31-17-15-27(16-18-31,28(2)3)23-11-7-6-8-12-23/h6-14H,15-21H2,1-5H3. The molecule has 4 heteroatoms. The number of benzene rings is 2. The molecule has 1 aliphatic heterocycles. The zero-order chi connectivity index (χ0) is 22.0. The van der Waals surface area contributed by atoms with E-state index in [0.717, 1.165) is 32.7 Å². The number of rotatable bonds is 7. The molecule has 166 valence electrons. The van der Waals surface area contributed by atoms with Crippen molar-refractivity contribution in [1.82, 2.24) is 19.3 Å². The van der Waals surface area contributed by atoms with E-state index in [0.29, 0.717) is 0 Å². The van der Waals surface area contributed by atoms with Gasteiger partial charge in [-0.2, -0.15) is 0 Å². The molecule has 1 fully saturated rings. The van der Waals surface area contributed by atoms with Crippen molar-refractivity contribution < 1.29 is 0 Å². The first-order valence-electron chi connectivity index (χ1n) is 11.6. The van der Waals surface area contributed by atoms with Gasteiger partial charge in [-0.25, -0.2) is 0 Å². The Balaban J connectivity index is 1.35. The van der Waals surface area contributed by atoms with Crippen LogP contribution in [0.5, 0.6) is 0 Å². The Kier molecular flexibility index (Phi) is 6.52. The van der Waals surface area contributed by atoms with Crippen LogP contribution in [0.1, 0.15) is 29.7 Å². The van der Waals surface area contributed by atoms with Gasteiger partial charge in [-0.1, -0.05) is 48.5 Å². The van der Waals surface area contributed by atoms with Gasteiger partial charge in [-0.05, 0) is 58.1 Å². The van der Waals surface area contributed by atoms with Crippen LogP contribution in [0.25, 0.3) is 10.9 Å². The van der Waals surface area contributed by atoms with Gasteiger partial charge in [0.1, 0.15) is 0 Å². The quantitative estimate of drug-likeness (QED) is 0.563. The molecule has 0 radical (unpaired) electrons. The molecule has 0 saturated carbocycles. The molecule has 0 amide bonds. The monoisotopic (exact) mass is 418 g/mol. The Morgan fingerprint density at radius 2 is 1.55 bits per heavy atom. The highest BCUT2D eigenvalue weighted by molar-refractivity contribution is 5.85. The molecule has 2 aromatic carbocycles. The Bertz CT molecular complexity index is 997. The van der Waals surface area contributed by atoms with Crippen molar-refractivity contribution in [1.29, 1.82) is 0 Å². The van der Waals surface area contributed by atoms with E-state index >= 15 is 0 Å². The van der Waals surface area contributed by atoms with E-state index in [9.17, 15) is 0 Å². The van der Waals surface area contributed by atoms with E-state index in [1.54, 1.807) is 0 Å². The lowest BCUT2D eigenvalue weighted by Gasteiger charge is -2.47. The highest BCUT2D eigenvalue weighted by Crippen LogP contribution is 2.37. The zero-order valence-electron chi connectivity index (χ0n) is 19.9. The molecule has 4 rings (SSSR count). The third kappa shape index (κ3) is 4.30. The molecular weight excluding hydrogens is 380 g/mol. The highest BCUT2D eigenvalue weighted by Gasteiger charge is 2.37. The summed E-state index contributed by atoms with van der Waals surface area (Å²) in [6.07, 6.45) is 2.38. The van der Waals surface area contributed by atoms with Crippen LogP contribution in [0.2, 0.25) is 0 Å². The molecule has 3 aromatic rings. The number of hydrogen-bond donors (Lipinski definition) is 0. The molecule has 1 aliphatic rings. The van der Waals surface area contributed by atoms with E-state index in [-0.39, 0.29) is 5.54 Å². The fourth-order valence-electron chi connectivity index (χ4n) is 5.35. The van der Waals surface area contributed by atoms with E-state index in [2.05, 4.69) is 109 Å². The molecule has 0 spiro atoms. The normalized spacial score (nSPS) is 17.1. The number of aryl methyl sites for hydroxylation is 1. The number of fused-ring (bicyclic) bond motifs is 1. The summed E-state index contributed by atoms with van der Waals surface area (Å²) in [6, 6.07) is 19.9. The Hall–Kier alpha value is -2.14. The molecule has 2 heterocycles. The largest absolute Gasteiger partial charge is 0.348 e. The van der Waals surface area contributed by atoms with Gasteiger partial charge < -0.3 is 14.4 Å². The average Bonchev–Trinajstić information content (AvgIpc) is 3.03. The Morgan fingerprint density at radius 1 is 0.903 bits per heavy atom. The van der Waals surface area contributed by atoms with Crippen LogP contribution in [0.3, 0.4) is 0 Å². The van der Waals surface area contributed by atoms with Crippen molar-refractivity contribution in [2.45, 2.75) is 31.8 Å². The third-order valence-electron chi connectivity index (χ3n) is 7.61. The summed E-state index contributed by atoms with van der Waals surface area (Å²) in [5, 5.41) is 1.39. The van der Waals surface area contributed by atoms with Gasteiger partial charge in [0.2, 0.25) is 0 Å². The van der Waals surface area contributed by atoms with E-state index in [4.69, 9.17) is 0 Å². The minimum absolute atomic E-state index is 0.170. The van der Waals surface area contributed by atoms with E-state index < -0.39 is 0 Å². The second-order valence-corrected chi connectivity index (χ2v) is 9.51. The summed E-state index contributed by atoms with van der Waals surface area (Å²) in [7, 11) is 8.92. The lowest BCUT2D eigenvalue weighted by molar-refractivity contribution is 0.0503.